The highest BCUT2D eigenvalue weighted by Gasteiger charge is 2.23. The van der Waals surface area contributed by atoms with Crippen LogP contribution in [-0.4, -0.2) is 12.5 Å². The van der Waals surface area contributed by atoms with Gasteiger partial charge in [0.2, 0.25) is 5.91 Å². The van der Waals surface area contributed by atoms with Crippen LogP contribution in [0.1, 0.15) is 70.3 Å². The predicted molar refractivity (Wildman–Crippen MR) is 92.8 cm³/mol. The fourth-order valence-corrected chi connectivity index (χ4v) is 3.70. The molecule has 1 aromatic carbocycles. The molecule has 1 N–H and O–H groups in total. The average molecular weight is 301 g/mol. The number of carbonyl (C=O) groups is 1. The summed E-state index contributed by atoms with van der Waals surface area (Å²) >= 11 is 0. The van der Waals surface area contributed by atoms with Gasteiger partial charge in [-0.05, 0) is 36.7 Å². The van der Waals surface area contributed by atoms with Gasteiger partial charge in [-0.15, -0.1) is 0 Å². The van der Waals surface area contributed by atoms with Gasteiger partial charge in [0, 0.05) is 12.5 Å². The Morgan fingerprint density at radius 2 is 1.86 bits per heavy atom. The van der Waals surface area contributed by atoms with E-state index in [0.29, 0.717) is 11.8 Å². The van der Waals surface area contributed by atoms with E-state index in [2.05, 4.69) is 49.5 Å². The summed E-state index contributed by atoms with van der Waals surface area (Å²) in [5.74, 6) is 1.57. The van der Waals surface area contributed by atoms with Gasteiger partial charge >= 0.3 is 0 Å². The summed E-state index contributed by atoms with van der Waals surface area (Å²) in [6.07, 6.45) is 8.26. The summed E-state index contributed by atoms with van der Waals surface area (Å²) < 4.78 is 0. The van der Waals surface area contributed by atoms with Crippen LogP contribution in [0.5, 0.6) is 0 Å². The van der Waals surface area contributed by atoms with Crippen LogP contribution >= 0.6 is 0 Å². The Hall–Kier alpha value is -1.31. The van der Waals surface area contributed by atoms with E-state index in [1.54, 1.807) is 0 Å². The van der Waals surface area contributed by atoms with Gasteiger partial charge in [0.15, 0.2) is 0 Å². The SMILES string of the molecule is CCCC(c1ccccc1)C(C)CNC(=O)C1CCCCC1. The van der Waals surface area contributed by atoms with E-state index in [1.165, 1.54) is 37.7 Å². The average Bonchev–Trinajstić information content (AvgIpc) is 2.58. The van der Waals surface area contributed by atoms with Crippen molar-refractivity contribution < 1.29 is 4.79 Å². The van der Waals surface area contributed by atoms with Crippen LogP contribution in [0.3, 0.4) is 0 Å². The van der Waals surface area contributed by atoms with Crippen molar-refractivity contribution in [1.29, 1.82) is 0 Å². The van der Waals surface area contributed by atoms with Gasteiger partial charge in [0.25, 0.3) is 0 Å². The quantitative estimate of drug-likeness (QED) is 0.762. The van der Waals surface area contributed by atoms with E-state index < -0.39 is 0 Å². The van der Waals surface area contributed by atoms with Crippen molar-refractivity contribution in [3.05, 3.63) is 35.9 Å². The maximum atomic E-state index is 12.3. The van der Waals surface area contributed by atoms with Crippen molar-refractivity contribution in [3.8, 4) is 0 Å². The van der Waals surface area contributed by atoms with Crippen LogP contribution in [0.25, 0.3) is 0 Å². The minimum atomic E-state index is 0.266. The molecule has 2 nitrogen and oxygen atoms in total. The molecule has 0 spiro atoms. The first kappa shape index (κ1) is 17.1. The Morgan fingerprint density at radius 1 is 1.18 bits per heavy atom. The number of rotatable bonds is 7. The molecule has 1 aromatic rings. The maximum absolute atomic E-state index is 12.3. The van der Waals surface area contributed by atoms with E-state index in [1.807, 2.05) is 0 Å². The Labute approximate surface area is 135 Å². The molecule has 0 bridgehead atoms. The van der Waals surface area contributed by atoms with Gasteiger partial charge in [-0.3, -0.25) is 4.79 Å². The lowest BCUT2D eigenvalue weighted by molar-refractivity contribution is -0.126. The van der Waals surface area contributed by atoms with Crippen LogP contribution in [0, 0.1) is 11.8 Å². The van der Waals surface area contributed by atoms with Crippen LogP contribution < -0.4 is 5.32 Å². The first-order valence-corrected chi connectivity index (χ1v) is 9.05. The molecule has 1 fully saturated rings. The monoisotopic (exact) mass is 301 g/mol. The van der Waals surface area contributed by atoms with E-state index in [0.717, 1.165) is 19.4 Å². The second kappa shape index (κ2) is 8.97. The van der Waals surface area contributed by atoms with Crippen molar-refractivity contribution in [2.45, 2.75) is 64.7 Å². The highest BCUT2D eigenvalue weighted by atomic mass is 16.1. The molecule has 22 heavy (non-hydrogen) atoms. The Kier molecular flexibility index (Phi) is 6.95. The third-order valence-electron chi connectivity index (χ3n) is 5.09. The fraction of sp³-hybridized carbons (Fsp3) is 0.650. The number of hydrogen-bond donors (Lipinski definition) is 1. The molecular formula is C20H31NO. The summed E-state index contributed by atoms with van der Waals surface area (Å²) in [4.78, 5) is 12.3. The van der Waals surface area contributed by atoms with E-state index >= 15 is 0 Å². The van der Waals surface area contributed by atoms with E-state index in [9.17, 15) is 4.79 Å². The molecule has 1 aliphatic rings. The minimum Gasteiger partial charge on any atom is -0.356 e. The third kappa shape index (κ3) is 4.86. The largest absolute Gasteiger partial charge is 0.356 e. The second-order valence-corrected chi connectivity index (χ2v) is 6.86. The van der Waals surface area contributed by atoms with E-state index in [4.69, 9.17) is 0 Å². The van der Waals surface area contributed by atoms with Crippen LogP contribution in [0.4, 0.5) is 0 Å². The molecule has 2 rings (SSSR count). The normalized spacial score (nSPS) is 18.6. The van der Waals surface area contributed by atoms with Crippen LogP contribution in [0.15, 0.2) is 30.3 Å². The lowest BCUT2D eigenvalue weighted by atomic mass is 9.83. The molecule has 122 valence electrons. The lowest BCUT2D eigenvalue weighted by Gasteiger charge is -2.26. The standard InChI is InChI=1S/C20H31NO/c1-3-10-19(17-11-6-4-7-12-17)16(2)15-21-20(22)18-13-8-5-9-14-18/h4,6-7,11-12,16,18-19H,3,5,8-10,13-15H2,1-2H3,(H,21,22). The first-order chi connectivity index (χ1) is 10.7. The summed E-state index contributed by atoms with van der Waals surface area (Å²) in [7, 11) is 0. The molecule has 2 heteroatoms. The zero-order valence-corrected chi connectivity index (χ0v) is 14.2. The molecule has 1 aliphatic carbocycles. The highest BCUT2D eigenvalue weighted by Crippen LogP contribution is 2.29. The molecule has 1 amide bonds. The molecule has 2 atom stereocenters. The molecule has 0 saturated heterocycles. The summed E-state index contributed by atoms with van der Waals surface area (Å²) in [6.45, 7) is 5.31. The molecule has 0 heterocycles. The zero-order chi connectivity index (χ0) is 15.8. The highest BCUT2D eigenvalue weighted by molar-refractivity contribution is 5.78. The molecule has 0 aromatic heterocycles. The van der Waals surface area contributed by atoms with Gasteiger partial charge in [-0.25, -0.2) is 0 Å². The fourth-order valence-electron chi connectivity index (χ4n) is 3.70. The van der Waals surface area contributed by atoms with Crippen molar-refractivity contribution in [3.63, 3.8) is 0 Å². The number of carbonyl (C=O) groups excluding carboxylic acids is 1. The second-order valence-electron chi connectivity index (χ2n) is 6.86. The lowest BCUT2D eigenvalue weighted by Crippen LogP contribution is -2.36. The van der Waals surface area contributed by atoms with Crippen LogP contribution in [0.2, 0.25) is 0 Å². The number of nitrogens with one attached hydrogen (secondary N) is 1. The summed E-state index contributed by atoms with van der Waals surface area (Å²) in [5, 5.41) is 3.22. The Morgan fingerprint density at radius 3 is 2.50 bits per heavy atom. The van der Waals surface area contributed by atoms with Crippen molar-refractivity contribution in [1.82, 2.24) is 5.32 Å². The number of benzene rings is 1. The topological polar surface area (TPSA) is 29.1 Å². The van der Waals surface area contributed by atoms with Gasteiger partial charge in [0.05, 0.1) is 0 Å². The van der Waals surface area contributed by atoms with Crippen molar-refractivity contribution >= 4 is 5.91 Å². The Bertz CT molecular complexity index is 436. The molecule has 2 unspecified atom stereocenters. The maximum Gasteiger partial charge on any atom is 0.223 e. The molecule has 0 aliphatic heterocycles. The van der Waals surface area contributed by atoms with E-state index in [-0.39, 0.29) is 11.8 Å². The summed E-state index contributed by atoms with van der Waals surface area (Å²) in [5.41, 5.74) is 1.41. The van der Waals surface area contributed by atoms with Gasteiger partial charge in [-0.2, -0.15) is 0 Å². The number of amides is 1. The van der Waals surface area contributed by atoms with Crippen molar-refractivity contribution in [2.75, 3.05) is 6.54 Å². The molecular weight excluding hydrogens is 270 g/mol. The zero-order valence-electron chi connectivity index (χ0n) is 14.2. The third-order valence-corrected chi connectivity index (χ3v) is 5.09. The van der Waals surface area contributed by atoms with Gasteiger partial charge in [-0.1, -0.05) is 69.9 Å². The first-order valence-electron chi connectivity index (χ1n) is 9.05. The molecule has 0 radical (unpaired) electrons. The smallest absolute Gasteiger partial charge is 0.223 e. The van der Waals surface area contributed by atoms with Gasteiger partial charge < -0.3 is 5.32 Å². The predicted octanol–water partition coefficient (Wildman–Crippen LogP) is 4.90. The minimum absolute atomic E-state index is 0.266. The summed E-state index contributed by atoms with van der Waals surface area (Å²) in [6, 6.07) is 10.7. The van der Waals surface area contributed by atoms with Crippen molar-refractivity contribution in [2.24, 2.45) is 11.8 Å². The number of hydrogen-bond acceptors (Lipinski definition) is 1. The molecule has 1 saturated carbocycles. The van der Waals surface area contributed by atoms with Gasteiger partial charge in [0.1, 0.15) is 0 Å². The Balaban J connectivity index is 1.88. The van der Waals surface area contributed by atoms with Crippen LogP contribution in [-0.2, 0) is 4.79 Å².